The van der Waals surface area contributed by atoms with Gasteiger partial charge in [0.25, 0.3) is 10.0 Å². The third-order valence-electron chi connectivity index (χ3n) is 5.98. The number of carbonyl (C=O) groups excluding carboxylic acids is 1. The van der Waals surface area contributed by atoms with Gasteiger partial charge in [0.2, 0.25) is 5.91 Å². The summed E-state index contributed by atoms with van der Waals surface area (Å²) in [6.07, 6.45) is 4.60. The maximum absolute atomic E-state index is 13.4. The summed E-state index contributed by atoms with van der Waals surface area (Å²) >= 11 is 2.17. The van der Waals surface area contributed by atoms with Crippen LogP contribution < -0.4 is 9.62 Å². The fraction of sp³-hybridized carbons (Fsp3) is 0.269. The molecule has 1 N–H and O–H groups in total. The zero-order chi connectivity index (χ0) is 23.4. The van der Waals surface area contributed by atoms with Gasteiger partial charge in [0.1, 0.15) is 6.54 Å². The molecule has 1 unspecified atom stereocenters. The molecule has 1 atom stereocenters. The SMILES string of the molecule is CC(NC(=O)CN(c1ccc(I)cc1)S(=O)(=O)c1ccccc1)c1ccc2c(c1)CCCC2. The third-order valence-corrected chi connectivity index (χ3v) is 8.49. The van der Waals surface area contributed by atoms with Crippen molar-refractivity contribution in [3.63, 3.8) is 0 Å². The number of hydrogen-bond donors (Lipinski definition) is 1. The molecule has 3 aromatic rings. The molecule has 1 amide bonds. The minimum Gasteiger partial charge on any atom is -0.348 e. The van der Waals surface area contributed by atoms with Crippen LogP contribution in [-0.4, -0.2) is 20.9 Å². The number of aryl methyl sites for hydroxylation is 2. The minimum atomic E-state index is -3.90. The molecule has 0 heterocycles. The first-order chi connectivity index (χ1) is 15.8. The topological polar surface area (TPSA) is 66.5 Å². The van der Waals surface area contributed by atoms with Crippen molar-refractivity contribution < 1.29 is 13.2 Å². The number of amides is 1. The van der Waals surface area contributed by atoms with E-state index in [2.05, 4.69) is 46.1 Å². The first-order valence-corrected chi connectivity index (χ1v) is 13.6. The monoisotopic (exact) mass is 574 g/mol. The van der Waals surface area contributed by atoms with Gasteiger partial charge in [0, 0.05) is 3.57 Å². The van der Waals surface area contributed by atoms with Gasteiger partial charge in [-0.3, -0.25) is 9.10 Å². The Bertz CT molecular complexity index is 1230. The summed E-state index contributed by atoms with van der Waals surface area (Å²) in [7, 11) is -3.90. The number of fused-ring (bicyclic) bond motifs is 1. The summed E-state index contributed by atoms with van der Waals surface area (Å²) in [6.45, 7) is 1.64. The van der Waals surface area contributed by atoms with E-state index < -0.39 is 10.0 Å². The molecular weight excluding hydrogens is 547 g/mol. The Balaban J connectivity index is 1.56. The normalized spacial score (nSPS) is 14.2. The first-order valence-electron chi connectivity index (χ1n) is 11.1. The molecular formula is C26H27IN2O3S. The molecule has 1 aliphatic carbocycles. The van der Waals surface area contributed by atoms with E-state index in [1.165, 1.54) is 28.3 Å². The van der Waals surface area contributed by atoms with Gasteiger partial charge < -0.3 is 5.32 Å². The molecule has 5 nitrogen and oxygen atoms in total. The van der Waals surface area contributed by atoms with Crippen LogP contribution in [0.4, 0.5) is 5.69 Å². The Morgan fingerprint density at radius 3 is 2.33 bits per heavy atom. The molecule has 0 radical (unpaired) electrons. The van der Waals surface area contributed by atoms with E-state index in [0.29, 0.717) is 5.69 Å². The van der Waals surface area contributed by atoms with Crippen molar-refractivity contribution in [2.24, 2.45) is 0 Å². The van der Waals surface area contributed by atoms with E-state index in [1.807, 2.05) is 19.1 Å². The lowest BCUT2D eigenvalue weighted by Gasteiger charge is -2.25. The molecule has 172 valence electrons. The standard InChI is InChI=1S/C26H27IN2O3S/c1-19(21-12-11-20-7-5-6-8-22(20)17-21)28-26(30)18-29(24-15-13-23(27)14-16-24)33(31,32)25-9-3-2-4-10-25/h2-4,9-17,19H,5-8,18H2,1H3,(H,28,30). The number of rotatable bonds is 7. The highest BCUT2D eigenvalue weighted by atomic mass is 127. The quantitative estimate of drug-likeness (QED) is 0.393. The van der Waals surface area contributed by atoms with Crippen LogP contribution in [0.25, 0.3) is 0 Å². The fourth-order valence-electron chi connectivity index (χ4n) is 4.17. The van der Waals surface area contributed by atoms with Gasteiger partial charge in [-0.05, 0) is 108 Å². The smallest absolute Gasteiger partial charge is 0.264 e. The summed E-state index contributed by atoms with van der Waals surface area (Å²) in [5.41, 5.74) is 4.24. The predicted molar refractivity (Wildman–Crippen MR) is 140 cm³/mol. The van der Waals surface area contributed by atoms with Gasteiger partial charge >= 0.3 is 0 Å². The van der Waals surface area contributed by atoms with Gasteiger partial charge in [0.05, 0.1) is 16.6 Å². The number of sulfonamides is 1. The van der Waals surface area contributed by atoms with E-state index in [-0.39, 0.29) is 23.4 Å². The largest absolute Gasteiger partial charge is 0.348 e. The van der Waals surface area contributed by atoms with Gasteiger partial charge in [-0.1, -0.05) is 36.4 Å². The Hall–Kier alpha value is -2.39. The van der Waals surface area contributed by atoms with Crippen LogP contribution in [0, 0.1) is 3.57 Å². The van der Waals surface area contributed by atoms with Gasteiger partial charge in [-0.25, -0.2) is 8.42 Å². The number of hydrogen-bond acceptors (Lipinski definition) is 3. The van der Waals surface area contributed by atoms with Crippen LogP contribution in [0.1, 0.15) is 42.5 Å². The number of nitrogens with zero attached hydrogens (tertiary/aromatic N) is 1. The molecule has 0 spiro atoms. The maximum Gasteiger partial charge on any atom is 0.264 e. The third kappa shape index (κ3) is 5.58. The fourth-order valence-corrected chi connectivity index (χ4v) is 5.97. The number of benzene rings is 3. The lowest BCUT2D eigenvalue weighted by atomic mass is 9.89. The summed E-state index contributed by atoms with van der Waals surface area (Å²) < 4.78 is 29.0. The zero-order valence-electron chi connectivity index (χ0n) is 18.5. The Morgan fingerprint density at radius 2 is 1.64 bits per heavy atom. The summed E-state index contributed by atoms with van der Waals surface area (Å²) in [6, 6.07) is 21.5. The van der Waals surface area contributed by atoms with Gasteiger partial charge in [0.15, 0.2) is 0 Å². The molecule has 7 heteroatoms. The average molecular weight is 574 g/mol. The highest BCUT2D eigenvalue weighted by Crippen LogP contribution is 2.26. The Labute approximate surface area is 209 Å². The second-order valence-corrected chi connectivity index (χ2v) is 11.4. The molecule has 0 aromatic heterocycles. The molecule has 0 saturated heterocycles. The van der Waals surface area contributed by atoms with E-state index in [9.17, 15) is 13.2 Å². The van der Waals surface area contributed by atoms with Crippen LogP contribution in [0.3, 0.4) is 0 Å². The van der Waals surface area contributed by atoms with Crippen molar-refractivity contribution in [2.75, 3.05) is 10.8 Å². The maximum atomic E-state index is 13.4. The lowest BCUT2D eigenvalue weighted by Crippen LogP contribution is -2.41. The first kappa shape index (κ1) is 23.8. The highest BCUT2D eigenvalue weighted by molar-refractivity contribution is 14.1. The van der Waals surface area contributed by atoms with Crippen LogP contribution >= 0.6 is 22.6 Å². The van der Waals surface area contributed by atoms with Gasteiger partial charge in [-0.2, -0.15) is 0 Å². The predicted octanol–water partition coefficient (Wildman–Crippen LogP) is 5.24. The number of nitrogens with one attached hydrogen (secondary N) is 1. The molecule has 0 bridgehead atoms. The highest BCUT2D eigenvalue weighted by Gasteiger charge is 2.27. The molecule has 1 aliphatic rings. The molecule has 0 saturated carbocycles. The van der Waals surface area contributed by atoms with Crippen molar-refractivity contribution in [2.45, 2.75) is 43.5 Å². The molecule has 0 fully saturated rings. The van der Waals surface area contributed by atoms with Crippen LogP contribution in [0.2, 0.25) is 0 Å². The lowest BCUT2D eigenvalue weighted by molar-refractivity contribution is -0.120. The summed E-state index contributed by atoms with van der Waals surface area (Å²) in [5.74, 6) is -0.349. The Morgan fingerprint density at radius 1 is 0.970 bits per heavy atom. The average Bonchev–Trinajstić information content (AvgIpc) is 2.83. The molecule has 33 heavy (non-hydrogen) atoms. The van der Waals surface area contributed by atoms with Crippen molar-refractivity contribution in [3.8, 4) is 0 Å². The van der Waals surface area contributed by atoms with Crippen LogP contribution in [0.5, 0.6) is 0 Å². The van der Waals surface area contributed by atoms with Crippen LogP contribution in [-0.2, 0) is 27.7 Å². The number of halogens is 1. The summed E-state index contributed by atoms with van der Waals surface area (Å²) in [4.78, 5) is 13.2. The minimum absolute atomic E-state index is 0.152. The zero-order valence-corrected chi connectivity index (χ0v) is 21.5. The van der Waals surface area contributed by atoms with E-state index in [1.54, 1.807) is 42.5 Å². The second kappa shape index (κ2) is 10.3. The van der Waals surface area contributed by atoms with E-state index >= 15 is 0 Å². The van der Waals surface area contributed by atoms with E-state index in [4.69, 9.17) is 0 Å². The van der Waals surface area contributed by atoms with Crippen molar-refractivity contribution in [1.82, 2.24) is 5.32 Å². The summed E-state index contributed by atoms with van der Waals surface area (Å²) in [5, 5.41) is 2.99. The number of carbonyl (C=O) groups is 1. The van der Waals surface area contributed by atoms with E-state index in [0.717, 1.165) is 22.0 Å². The van der Waals surface area contributed by atoms with Crippen molar-refractivity contribution in [1.29, 1.82) is 0 Å². The molecule has 0 aliphatic heterocycles. The number of anilines is 1. The molecule has 4 rings (SSSR count). The molecule has 3 aromatic carbocycles. The van der Waals surface area contributed by atoms with Crippen molar-refractivity contribution in [3.05, 3.63) is 93.1 Å². The van der Waals surface area contributed by atoms with Crippen LogP contribution in [0.15, 0.2) is 77.7 Å². The Kier molecular flexibility index (Phi) is 7.38. The second-order valence-electron chi connectivity index (χ2n) is 8.33. The van der Waals surface area contributed by atoms with Gasteiger partial charge in [-0.15, -0.1) is 0 Å². The van der Waals surface area contributed by atoms with Crippen molar-refractivity contribution >= 4 is 44.2 Å².